The fourth-order valence-electron chi connectivity index (χ4n) is 4.47. The Bertz CT molecular complexity index is 1110. The van der Waals surface area contributed by atoms with Crippen molar-refractivity contribution in [1.82, 2.24) is 20.0 Å². The first-order valence-corrected chi connectivity index (χ1v) is 11.5. The molecule has 3 aromatic rings. The summed E-state index contributed by atoms with van der Waals surface area (Å²) >= 11 is 0. The molecule has 1 saturated heterocycles. The summed E-state index contributed by atoms with van der Waals surface area (Å²) in [6.07, 6.45) is 3.79. The number of aromatic nitrogens is 2. The van der Waals surface area contributed by atoms with E-state index in [0.29, 0.717) is 23.7 Å². The zero-order valence-corrected chi connectivity index (χ0v) is 19.1. The van der Waals surface area contributed by atoms with Crippen LogP contribution in [0, 0.1) is 17.2 Å². The van der Waals surface area contributed by atoms with Gasteiger partial charge in [-0.1, -0.05) is 48.5 Å². The van der Waals surface area contributed by atoms with Gasteiger partial charge in [0.05, 0.1) is 11.4 Å². The van der Waals surface area contributed by atoms with Gasteiger partial charge in [0.15, 0.2) is 5.96 Å². The highest BCUT2D eigenvalue weighted by Gasteiger charge is 2.25. The third-order valence-electron chi connectivity index (χ3n) is 6.14. The maximum Gasteiger partial charge on any atom is 0.193 e. The first-order chi connectivity index (χ1) is 16.2. The van der Waals surface area contributed by atoms with E-state index < -0.39 is 0 Å². The van der Waals surface area contributed by atoms with Crippen molar-refractivity contribution in [3.63, 3.8) is 0 Å². The first kappa shape index (κ1) is 22.4. The number of guanidine groups is 1. The molecular weight excluding hydrogens is 410 g/mol. The number of rotatable bonds is 7. The number of nitrogens with zero attached hydrogens (tertiary/aromatic N) is 5. The lowest BCUT2D eigenvalue weighted by atomic mass is 9.99. The van der Waals surface area contributed by atoms with Crippen molar-refractivity contribution in [2.75, 3.05) is 32.4 Å². The molecule has 1 aliphatic heterocycles. The number of nitrogens with two attached hydrogens (primary N) is 1. The van der Waals surface area contributed by atoms with Gasteiger partial charge in [-0.15, -0.1) is 0 Å². The Kier molecular flexibility index (Phi) is 7.26. The van der Waals surface area contributed by atoms with E-state index in [4.69, 9.17) is 5.73 Å². The molecule has 2 heterocycles. The molecule has 4 rings (SSSR count). The minimum atomic E-state index is 0.393. The third kappa shape index (κ3) is 5.35. The summed E-state index contributed by atoms with van der Waals surface area (Å²) < 4.78 is 1.65. The molecule has 1 aliphatic rings. The molecule has 1 aromatic heterocycles. The Morgan fingerprint density at radius 1 is 1.18 bits per heavy atom. The summed E-state index contributed by atoms with van der Waals surface area (Å²) in [4.78, 5) is 6.83. The minimum absolute atomic E-state index is 0.393. The molecule has 0 bridgehead atoms. The van der Waals surface area contributed by atoms with E-state index in [9.17, 15) is 5.26 Å². The predicted octanol–water partition coefficient (Wildman–Crippen LogP) is 3.40. The number of nitrogens with one attached hydrogen (secondary N) is 1. The van der Waals surface area contributed by atoms with Gasteiger partial charge in [0, 0.05) is 26.7 Å². The zero-order chi connectivity index (χ0) is 23.0. The summed E-state index contributed by atoms with van der Waals surface area (Å²) in [5, 5.41) is 17.7. The monoisotopic (exact) mass is 441 g/mol. The highest BCUT2D eigenvalue weighted by Crippen LogP contribution is 2.22. The van der Waals surface area contributed by atoms with E-state index in [0.717, 1.165) is 49.8 Å². The van der Waals surface area contributed by atoms with Gasteiger partial charge in [0.1, 0.15) is 17.5 Å². The van der Waals surface area contributed by atoms with Crippen LogP contribution in [0.15, 0.2) is 65.7 Å². The van der Waals surface area contributed by atoms with Gasteiger partial charge in [0.2, 0.25) is 0 Å². The molecule has 33 heavy (non-hydrogen) atoms. The average Bonchev–Trinajstić information content (AvgIpc) is 3.44. The fourth-order valence-corrected chi connectivity index (χ4v) is 4.47. The summed E-state index contributed by atoms with van der Waals surface area (Å²) in [6, 6.07) is 22.6. The number of nitrogen functional groups attached to an aromatic ring is 1. The Morgan fingerprint density at radius 2 is 1.91 bits per heavy atom. The van der Waals surface area contributed by atoms with Crippen LogP contribution in [0.4, 0.5) is 5.82 Å². The van der Waals surface area contributed by atoms with E-state index in [-0.39, 0.29) is 0 Å². The van der Waals surface area contributed by atoms with Crippen LogP contribution in [0.25, 0.3) is 5.69 Å². The molecule has 2 aromatic carbocycles. The van der Waals surface area contributed by atoms with Gasteiger partial charge in [-0.25, -0.2) is 4.68 Å². The maximum atomic E-state index is 9.59. The van der Waals surface area contributed by atoms with Crippen molar-refractivity contribution < 1.29 is 0 Å². The molecular formula is C26H31N7. The van der Waals surface area contributed by atoms with Gasteiger partial charge in [0.25, 0.3) is 0 Å². The highest BCUT2D eigenvalue weighted by molar-refractivity contribution is 5.80. The molecule has 1 fully saturated rings. The van der Waals surface area contributed by atoms with Gasteiger partial charge in [-0.05, 0) is 49.3 Å². The van der Waals surface area contributed by atoms with Crippen LogP contribution in [0.2, 0.25) is 0 Å². The molecule has 7 heteroatoms. The van der Waals surface area contributed by atoms with Crippen LogP contribution in [0.5, 0.6) is 0 Å². The molecule has 0 amide bonds. The smallest absolute Gasteiger partial charge is 0.193 e. The molecule has 3 N–H and O–H groups in total. The van der Waals surface area contributed by atoms with Crippen molar-refractivity contribution in [2.24, 2.45) is 10.9 Å². The molecule has 1 unspecified atom stereocenters. The lowest BCUT2D eigenvalue weighted by Crippen LogP contribution is -2.40. The summed E-state index contributed by atoms with van der Waals surface area (Å²) in [6.45, 7) is 2.80. The Balaban J connectivity index is 1.29. The lowest BCUT2D eigenvalue weighted by molar-refractivity contribution is 0.459. The molecule has 0 spiro atoms. The number of hydrogen-bond acceptors (Lipinski definition) is 4. The van der Waals surface area contributed by atoms with Gasteiger partial charge < -0.3 is 16.0 Å². The van der Waals surface area contributed by atoms with E-state index in [1.807, 2.05) is 37.4 Å². The Labute approximate surface area is 195 Å². The Hall–Kier alpha value is -3.79. The van der Waals surface area contributed by atoms with Gasteiger partial charge >= 0.3 is 0 Å². The lowest BCUT2D eigenvalue weighted by Gasteiger charge is -2.21. The molecule has 0 aliphatic carbocycles. The minimum Gasteiger partial charge on any atom is -0.382 e. The second-order valence-corrected chi connectivity index (χ2v) is 8.43. The van der Waals surface area contributed by atoms with Crippen molar-refractivity contribution >= 4 is 11.8 Å². The maximum absolute atomic E-state index is 9.59. The standard InChI is InChI=1S/C26H31N7/c1-29-26(32-16-14-21(19-32)17-20-9-4-2-5-10-20)30-15-8-13-24-23(18-27)25(28)33(31-24)22-11-6-3-7-12-22/h2-7,9-12,21H,8,13-17,19,28H2,1H3,(H,29,30). The van der Waals surface area contributed by atoms with Gasteiger partial charge in [-0.3, -0.25) is 4.99 Å². The second-order valence-electron chi connectivity index (χ2n) is 8.43. The predicted molar refractivity (Wildman–Crippen MR) is 132 cm³/mol. The van der Waals surface area contributed by atoms with Crippen molar-refractivity contribution in [3.05, 3.63) is 77.5 Å². The van der Waals surface area contributed by atoms with Gasteiger partial charge in [-0.2, -0.15) is 10.4 Å². The van der Waals surface area contributed by atoms with Crippen molar-refractivity contribution in [2.45, 2.75) is 25.7 Å². The molecule has 170 valence electrons. The Morgan fingerprint density at radius 3 is 2.61 bits per heavy atom. The van der Waals surface area contributed by atoms with E-state index in [1.165, 1.54) is 12.0 Å². The third-order valence-corrected chi connectivity index (χ3v) is 6.14. The van der Waals surface area contributed by atoms with Crippen LogP contribution in [0.1, 0.15) is 29.7 Å². The van der Waals surface area contributed by atoms with Crippen molar-refractivity contribution in [3.8, 4) is 11.8 Å². The topological polar surface area (TPSA) is 95.3 Å². The molecule has 1 atom stereocenters. The zero-order valence-electron chi connectivity index (χ0n) is 19.1. The highest BCUT2D eigenvalue weighted by atomic mass is 15.3. The van der Waals surface area contributed by atoms with Crippen LogP contribution < -0.4 is 11.1 Å². The van der Waals surface area contributed by atoms with Crippen LogP contribution >= 0.6 is 0 Å². The number of nitriles is 1. The van der Waals surface area contributed by atoms with E-state index >= 15 is 0 Å². The number of para-hydroxylation sites is 1. The van der Waals surface area contributed by atoms with Crippen LogP contribution in [0.3, 0.4) is 0 Å². The summed E-state index contributed by atoms with van der Waals surface area (Å²) in [5.41, 5.74) is 9.66. The largest absolute Gasteiger partial charge is 0.382 e. The number of aliphatic imine (C=N–C) groups is 1. The summed E-state index contributed by atoms with van der Waals surface area (Å²) in [7, 11) is 1.84. The number of anilines is 1. The molecule has 0 saturated carbocycles. The second kappa shape index (κ2) is 10.7. The molecule has 7 nitrogen and oxygen atoms in total. The average molecular weight is 442 g/mol. The van der Waals surface area contributed by atoms with Crippen LogP contribution in [-0.2, 0) is 12.8 Å². The number of benzene rings is 2. The van der Waals surface area contributed by atoms with E-state index in [2.05, 4.69) is 56.7 Å². The van der Waals surface area contributed by atoms with E-state index in [1.54, 1.807) is 4.68 Å². The number of likely N-dealkylation sites (tertiary alicyclic amines) is 1. The fraction of sp³-hybridized carbons (Fsp3) is 0.346. The normalized spacial score (nSPS) is 16.1. The summed E-state index contributed by atoms with van der Waals surface area (Å²) in [5.74, 6) is 1.98. The molecule has 0 radical (unpaired) electrons. The quantitative estimate of drug-likeness (QED) is 0.333. The van der Waals surface area contributed by atoms with Crippen molar-refractivity contribution in [1.29, 1.82) is 5.26 Å². The number of hydrogen-bond donors (Lipinski definition) is 2. The van der Waals surface area contributed by atoms with Crippen LogP contribution in [-0.4, -0.2) is 47.3 Å². The first-order valence-electron chi connectivity index (χ1n) is 11.5. The number of aryl methyl sites for hydroxylation is 1. The SMILES string of the molecule is CN=C(NCCCc1nn(-c2ccccc2)c(N)c1C#N)N1CCC(Cc2ccccc2)C1.